The fourth-order valence-electron chi connectivity index (χ4n) is 2.29. The molecule has 0 radical (unpaired) electrons. The van der Waals surface area contributed by atoms with Crippen LogP contribution in [0.5, 0.6) is 0 Å². The molecule has 0 saturated carbocycles. The van der Waals surface area contributed by atoms with Crippen LogP contribution in [-0.2, 0) is 9.84 Å². The van der Waals surface area contributed by atoms with Crippen molar-refractivity contribution in [2.45, 2.75) is 19.8 Å². The molecule has 1 aromatic heterocycles. The van der Waals surface area contributed by atoms with Crippen LogP contribution in [0.4, 0.5) is 11.6 Å². The van der Waals surface area contributed by atoms with Crippen LogP contribution >= 0.6 is 0 Å². The summed E-state index contributed by atoms with van der Waals surface area (Å²) < 4.78 is 23.0. The lowest BCUT2D eigenvalue weighted by Crippen LogP contribution is -2.41. The number of nitrogens with one attached hydrogen (secondary N) is 1. The first kappa shape index (κ1) is 14.0. The monoisotopic (exact) mass is 284 g/mol. The Hall–Kier alpha value is -1.37. The Bertz CT molecular complexity index is 543. The summed E-state index contributed by atoms with van der Waals surface area (Å²) in [5.41, 5.74) is 1.05. The zero-order valence-corrected chi connectivity index (χ0v) is 12.4. The van der Waals surface area contributed by atoms with Gasteiger partial charge in [-0.3, -0.25) is 0 Å². The van der Waals surface area contributed by atoms with Gasteiger partial charge in [0.25, 0.3) is 0 Å². The van der Waals surface area contributed by atoms with E-state index in [-0.39, 0.29) is 17.4 Å². The molecule has 0 atom stereocenters. The molecule has 2 heterocycles. The summed E-state index contributed by atoms with van der Waals surface area (Å²) in [7, 11) is -1.04. The minimum absolute atomic E-state index is 0.198. The highest BCUT2D eigenvalue weighted by Crippen LogP contribution is 2.31. The Morgan fingerprint density at radius 3 is 2.42 bits per heavy atom. The van der Waals surface area contributed by atoms with E-state index in [9.17, 15) is 8.42 Å². The summed E-state index contributed by atoms with van der Waals surface area (Å²) in [4.78, 5) is 10.6. The minimum atomic E-state index is -2.87. The van der Waals surface area contributed by atoms with Crippen LogP contribution in [0, 0.1) is 0 Å². The topological polar surface area (TPSA) is 75.2 Å². The Labute approximate surface area is 114 Å². The Kier molecular flexibility index (Phi) is 3.93. The minimum Gasteiger partial charge on any atom is -0.373 e. The predicted molar refractivity (Wildman–Crippen MR) is 76.5 cm³/mol. The quantitative estimate of drug-likeness (QED) is 0.888. The molecule has 1 aliphatic rings. The number of anilines is 2. The highest BCUT2D eigenvalue weighted by Gasteiger charge is 2.26. The van der Waals surface area contributed by atoms with E-state index in [2.05, 4.69) is 29.1 Å². The molecule has 0 amide bonds. The summed E-state index contributed by atoms with van der Waals surface area (Å²) >= 11 is 0. The van der Waals surface area contributed by atoms with Gasteiger partial charge in [0, 0.05) is 25.7 Å². The molecule has 0 aromatic carbocycles. The largest absolute Gasteiger partial charge is 0.373 e. The van der Waals surface area contributed by atoms with Crippen LogP contribution in [0.1, 0.15) is 25.3 Å². The third kappa shape index (κ3) is 2.97. The van der Waals surface area contributed by atoms with Crippen LogP contribution in [0.25, 0.3) is 0 Å². The fourth-order valence-corrected chi connectivity index (χ4v) is 3.49. The van der Waals surface area contributed by atoms with Crippen LogP contribution in [-0.4, -0.2) is 50.0 Å². The summed E-state index contributed by atoms with van der Waals surface area (Å²) in [6, 6.07) is 0. The summed E-state index contributed by atoms with van der Waals surface area (Å²) in [5, 5.41) is 3.08. The first-order chi connectivity index (χ1) is 8.94. The summed E-state index contributed by atoms with van der Waals surface area (Å²) in [6.07, 6.45) is 1.52. The molecule has 19 heavy (non-hydrogen) atoms. The molecule has 1 aliphatic heterocycles. The molecular weight excluding hydrogens is 264 g/mol. The average molecular weight is 284 g/mol. The standard InChI is InChI=1S/C12H20N4O2S/c1-9(2)10-11(13-3)14-8-15-12(10)16-4-6-19(17,18)7-5-16/h8-9H,4-7H2,1-3H3,(H,13,14,15). The van der Waals surface area contributed by atoms with E-state index < -0.39 is 9.84 Å². The van der Waals surface area contributed by atoms with Gasteiger partial charge < -0.3 is 10.2 Å². The van der Waals surface area contributed by atoms with Crippen molar-refractivity contribution >= 4 is 21.5 Å². The zero-order chi connectivity index (χ0) is 14.0. The molecular formula is C12H20N4O2S. The van der Waals surface area contributed by atoms with E-state index >= 15 is 0 Å². The van der Waals surface area contributed by atoms with Gasteiger partial charge in [-0.15, -0.1) is 0 Å². The molecule has 1 saturated heterocycles. The number of sulfone groups is 1. The van der Waals surface area contributed by atoms with Crippen LogP contribution in [0.3, 0.4) is 0 Å². The van der Waals surface area contributed by atoms with Crippen molar-refractivity contribution in [3.63, 3.8) is 0 Å². The maximum atomic E-state index is 11.5. The van der Waals surface area contributed by atoms with E-state index in [0.717, 1.165) is 17.2 Å². The number of hydrogen-bond acceptors (Lipinski definition) is 6. The van der Waals surface area contributed by atoms with Gasteiger partial charge in [0.15, 0.2) is 9.84 Å². The maximum Gasteiger partial charge on any atom is 0.153 e. The Morgan fingerprint density at radius 2 is 1.89 bits per heavy atom. The molecule has 0 aliphatic carbocycles. The summed E-state index contributed by atoms with van der Waals surface area (Å²) in [6.45, 7) is 5.18. The second-order valence-electron chi connectivity index (χ2n) is 5.00. The van der Waals surface area contributed by atoms with Crippen molar-refractivity contribution in [2.75, 3.05) is 41.9 Å². The van der Waals surface area contributed by atoms with E-state index in [1.54, 1.807) is 0 Å². The number of nitrogens with zero attached hydrogens (tertiary/aromatic N) is 3. The molecule has 6 nitrogen and oxygen atoms in total. The molecule has 1 aromatic rings. The van der Waals surface area contributed by atoms with Crippen LogP contribution in [0.2, 0.25) is 0 Å². The highest BCUT2D eigenvalue weighted by molar-refractivity contribution is 7.91. The van der Waals surface area contributed by atoms with Gasteiger partial charge in [0.1, 0.15) is 18.0 Å². The maximum absolute atomic E-state index is 11.5. The Balaban J connectivity index is 2.35. The number of aromatic nitrogens is 2. The lowest BCUT2D eigenvalue weighted by Gasteiger charge is -2.30. The van der Waals surface area contributed by atoms with Gasteiger partial charge in [0.2, 0.25) is 0 Å². The molecule has 106 valence electrons. The second kappa shape index (κ2) is 5.32. The van der Waals surface area contributed by atoms with Crippen LogP contribution < -0.4 is 10.2 Å². The number of hydrogen-bond donors (Lipinski definition) is 1. The molecule has 1 N–H and O–H groups in total. The van der Waals surface area contributed by atoms with Crippen molar-refractivity contribution in [2.24, 2.45) is 0 Å². The molecule has 0 bridgehead atoms. The van der Waals surface area contributed by atoms with Crippen molar-refractivity contribution in [3.8, 4) is 0 Å². The van der Waals surface area contributed by atoms with Gasteiger partial charge in [-0.1, -0.05) is 13.8 Å². The third-order valence-corrected chi connectivity index (χ3v) is 4.93. The van der Waals surface area contributed by atoms with Crippen molar-refractivity contribution < 1.29 is 8.42 Å². The van der Waals surface area contributed by atoms with E-state index in [1.807, 2.05) is 11.9 Å². The zero-order valence-electron chi connectivity index (χ0n) is 11.5. The van der Waals surface area contributed by atoms with E-state index in [1.165, 1.54) is 6.33 Å². The first-order valence-corrected chi connectivity index (χ1v) is 8.25. The van der Waals surface area contributed by atoms with E-state index in [4.69, 9.17) is 0 Å². The van der Waals surface area contributed by atoms with Gasteiger partial charge in [-0.05, 0) is 5.92 Å². The molecule has 0 unspecified atom stereocenters. The van der Waals surface area contributed by atoms with Gasteiger partial charge in [0.05, 0.1) is 11.5 Å². The van der Waals surface area contributed by atoms with Gasteiger partial charge >= 0.3 is 0 Å². The smallest absolute Gasteiger partial charge is 0.153 e. The lowest BCUT2D eigenvalue weighted by atomic mass is 10.0. The Morgan fingerprint density at radius 1 is 1.26 bits per heavy atom. The lowest BCUT2D eigenvalue weighted by molar-refractivity contribution is 0.586. The average Bonchev–Trinajstić information content (AvgIpc) is 2.37. The van der Waals surface area contributed by atoms with Crippen LogP contribution in [0.15, 0.2) is 6.33 Å². The predicted octanol–water partition coefficient (Wildman–Crippen LogP) is 0.876. The third-order valence-electron chi connectivity index (χ3n) is 3.32. The molecule has 1 fully saturated rings. The van der Waals surface area contributed by atoms with Gasteiger partial charge in [-0.2, -0.15) is 0 Å². The normalized spacial score (nSPS) is 18.6. The molecule has 0 spiro atoms. The first-order valence-electron chi connectivity index (χ1n) is 6.42. The van der Waals surface area contributed by atoms with E-state index in [0.29, 0.717) is 13.1 Å². The van der Waals surface area contributed by atoms with Crippen molar-refractivity contribution in [1.29, 1.82) is 0 Å². The fraction of sp³-hybridized carbons (Fsp3) is 0.667. The number of rotatable bonds is 3. The van der Waals surface area contributed by atoms with Crippen molar-refractivity contribution in [3.05, 3.63) is 11.9 Å². The molecule has 7 heteroatoms. The molecule has 2 rings (SSSR count). The van der Waals surface area contributed by atoms with Gasteiger partial charge in [-0.25, -0.2) is 18.4 Å². The second-order valence-corrected chi connectivity index (χ2v) is 7.31. The summed E-state index contributed by atoms with van der Waals surface area (Å²) in [5.74, 6) is 2.34. The van der Waals surface area contributed by atoms with Crippen molar-refractivity contribution in [1.82, 2.24) is 9.97 Å². The highest BCUT2D eigenvalue weighted by atomic mass is 32.2. The SMILES string of the molecule is CNc1ncnc(N2CCS(=O)(=O)CC2)c1C(C)C.